The first-order valence-electron chi connectivity index (χ1n) is 9.26. The second-order valence-corrected chi connectivity index (χ2v) is 9.45. The quantitative estimate of drug-likeness (QED) is 0.522. The number of rotatable bonds is 3. The first kappa shape index (κ1) is 17.2. The van der Waals surface area contributed by atoms with Gasteiger partial charge in [-0.05, 0) is 50.3 Å². The van der Waals surface area contributed by atoms with Crippen LogP contribution in [-0.2, 0) is 0 Å². The molecule has 1 aromatic heterocycles. The van der Waals surface area contributed by atoms with E-state index >= 15 is 0 Å². The first-order valence-corrected chi connectivity index (χ1v) is 10.9. The summed E-state index contributed by atoms with van der Waals surface area (Å²) < 4.78 is 1.15. The number of nitrogens with zero attached hydrogens (tertiary/aromatic N) is 3. The van der Waals surface area contributed by atoms with E-state index in [0.717, 1.165) is 30.0 Å². The van der Waals surface area contributed by atoms with Crippen LogP contribution < -0.4 is 0 Å². The lowest BCUT2D eigenvalue weighted by molar-refractivity contribution is 0.114. The lowest BCUT2D eigenvalue weighted by Gasteiger charge is -2.37. The van der Waals surface area contributed by atoms with Crippen LogP contribution in [0.15, 0.2) is 69.6 Å². The van der Waals surface area contributed by atoms with Gasteiger partial charge in [0.25, 0.3) is 0 Å². The summed E-state index contributed by atoms with van der Waals surface area (Å²) in [5.74, 6) is 0. The summed E-state index contributed by atoms with van der Waals surface area (Å²) in [5, 5.41) is 6.88. The van der Waals surface area contributed by atoms with Gasteiger partial charge in [0.2, 0.25) is 0 Å². The number of fused-ring (bicyclic) bond motifs is 3. The van der Waals surface area contributed by atoms with Crippen LogP contribution in [0.3, 0.4) is 0 Å². The van der Waals surface area contributed by atoms with Gasteiger partial charge in [0, 0.05) is 31.1 Å². The molecule has 1 aliphatic heterocycles. The second kappa shape index (κ2) is 7.23. The zero-order valence-electron chi connectivity index (χ0n) is 14.9. The van der Waals surface area contributed by atoms with E-state index in [1.165, 1.54) is 27.1 Å². The van der Waals surface area contributed by atoms with Gasteiger partial charge in [-0.25, -0.2) is 0 Å². The van der Waals surface area contributed by atoms with Crippen LogP contribution in [0.4, 0.5) is 0 Å². The minimum absolute atomic E-state index is 0.372. The standard InChI is InChI=1S/C22H20BrN3S/c23-21-10-9-16(27-21)15-24-26-13-11-25(12-14-26)22-19-7-3-1-5-17(19)18-6-2-4-8-20(18)22/h1-10,15,22H,11-14H2. The highest BCUT2D eigenvalue weighted by Crippen LogP contribution is 2.46. The molecule has 0 amide bonds. The van der Waals surface area contributed by atoms with Crippen LogP contribution in [0.25, 0.3) is 11.1 Å². The summed E-state index contributed by atoms with van der Waals surface area (Å²) in [5.41, 5.74) is 5.67. The summed E-state index contributed by atoms with van der Waals surface area (Å²) in [6, 6.07) is 22.3. The lowest BCUT2D eigenvalue weighted by atomic mass is 10.0. The fourth-order valence-electron chi connectivity index (χ4n) is 4.14. The van der Waals surface area contributed by atoms with Gasteiger partial charge in [0.05, 0.1) is 16.0 Å². The molecule has 0 radical (unpaired) electrons. The number of hydrogen-bond donors (Lipinski definition) is 0. The number of benzene rings is 2. The van der Waals surface area contributed by atoms with Gasteiger partial charge in [-0.1, -0.05) is 48.5 Å². The number of halogens is 1. The third kappa shape index (κ3) is 3.24. The van der Waals surface area contributed by atoms with Crippen molar-refractivity contribution in [3.8, 4) is 11.1 Å². The average molecular weight is 438 g/mol. The van der Waals surface area contributed by atoms with E-state index in [1.807, 2.05) is 6.21 Å². The summed E-state index contributed by atoms with van der Waals surface area (Å²) in [7, 11) is 0. The van der Waals surface area contributed by atoms with E-state index in [2.05, 4.69) is 91.6 Å². The number of hydrogen-bond acceptors (Lipinski definition) is 4. The molecule has 0 spiro atoms. The Labute approximate surface area is 172 Å². The highest BCUT2D eigenvalue weighted by molar-refractivity contribution is 9.11. The molecule has 136 valence electrons. The fourth-order valence-corrected chi connectivity index (χ4v) is 5.43. The van der Waals surface area contributed by atoms with Crippen molar-refractivity contribution in [1.82, 2.24) is 9.91 Å². The van der Waals surface area contributed by atoms with Crippen molar-refractivity contribution in [3.63, 3.8) is 0 Å². The summed E-state index contributed by atoms with van der Waals surface area (Å²) in [6.07, 6.45) is 1.98. The van der Waals surface area contributed by atoms with Gasteiger partial charge in [-0.3, -0.25) is 9.91 Å². The molecule has 2 aromatic carbocycles. The van der Waals surface area contributed by atoms with Gasteiger partial charge in [-0.15, -0.1) is 11.3 Å². The molecule has 0 bridgehead atoms. The molecular weight excluding hydrogens is 418 g/mol. The Morgan fingerprint density at radius 2 is 1.48 bits per heavy atom. The van der Waals surface area contributed by atoms with E-state index in [9.17, 15) is 0 Å². The van der Waals surface area contributed by atoms with Crippen molar-refractivity contribution in [1.29, 1.82) is 0 Å². The third-order valence-electron chi connectivity index (χ3n) is 5.40. The third-order valence-corrected chi connectivity index (χ3v) is 6.96. The molecule has 1 saturated heterocycles. The maximum atomic E-state index is 4.69. The van der Waals surface area contributed by atoms with E-state index in [4.69, 9.17) is 0 Å². The Hall–Kier alpha value is -1.95. The van der Waals surface area contributed by atoms with Gasteiger partial charge in [0.1, 0.15) is 0 Å². The fraction of sp³-hybridized carbons (Fsp3) is 0.227. The SMILES string of the molecule is Brc1ccc(C=NN2CCN(C3c4ccccc4-c4ccccc43)CC2)s1. The van der Waals surface area contributed by atoms with Gasteiger partial charge >= 0.3 is 0 Å². The monoisotopic (exact) mass is 437 g/mol. The van der Waals surface area contributed by atoms with Crippen molar-refractivity contribution < 1.29 is 0 Å². The van der Waals surface area contributed by atoms with Gasteiger partial charge in [0.15, 0.2) is 0 Å². The lowest BCUT2D eigenvalue weighted by Crippen LogP contribution is -2.45. The largest absolute Gasteiger partial charge is 0.294 e. The number of thiophene rings is 1. The Balaban J connectivity index is 1.33. The summed E-state index contributed by atoms with van der Waals surface area (Å²) in [6.45, 7) is 3.98. The Morgan fingerprint density at radius 3 is 2.07 bits per heavy atom. The molecule has 3 aromatic rings. The molecule has 5 heteroatoms. The maximum absolute atomic E-state index is 4.69. The van der Waals surface area contributed by atoms with Gasteiger partial charge in [-0.2, -0.15) is 5.10 Å². The van der Waals surface area contributed by atoms with Crippen LogP contribution in [-0.4, -0.2) is 42.3 Å². The van der Waals surface area contributed by atoms with Crippen LogP contribution in [0.5, 0.6) is 0 Å². The van der Waals surface area contributed by atoms with Crippen molar-refractivity contribution in [2.45, 2.75) is 6.04 Å². The zero-order valence-corrected chi connectivity index (χ0v) is 17.3. The number of hydrazone groups is 1. The topological polar surface area (TPSA) is 18.8 Å². The molecule has 0 unspecified atom stereocenters. The molecule has 1 aliphatic carbocycles. The molecule has 1 fully saturated rings. The Kier molecular flexibility index (Phi) is 4.60. The summed E-state index contributed by atoms with van der Waals surface area (Å²) in [4.78, 5) is 3.79. The van der Waals surface area contributed by atoms with Crippen molar-refractivity contribution in [2.24, 2.45) is 5.10 Å². The smallest absolute Gasteiger partial charge is 0.0705 e. The minimum atomic E-state index is 0.372. The van der Waals surface area contributed by atoms with Crippen LogP contribution in [0.1, 0.15) is 22.0 Å². The predicted molar refractivity (Wildman–Crippen MR) is 116 cm³/mol. The second-order valence-electron chi connectivity index (χ2n) is 6.95. The van der Waals surface area contributed by atoms with Gasteiger partial charge < -0.3 is 0 Å². The predicted octanol–water partition coefficient (Wildman–Crippen LogP) is 5.23. The van der Waals surface area contributed by atoms with Crippen LogP contribution >= 0.6 is 27.3 Å². The van der Waals surface area contributed by atoms with Crippen LogP contribution in [0.2, 0.25) is 0 Å². The van der Waals surface area contributed by atoms with E-state index in [1.54, 1.807) is 11.3 Å². The van der Waals surface area contributed by atoms with Crippen molar-refractivity contribution in [3.05, 3.63) is 80.5 Å². The van der Waals surface area contributed by atoms with Crippen LogP contribution in [0, 0.1) is 0 Å². The maximum Gasteiger partial charge on any atom is 0.0705 e. The molecule has 3 nitrogen and oxygen atoms in total. The normalized spacial score (nSPS) is 17.4. The van der Waals surface area contributed by atoms with E-state index in [-0.39, 0.29) is 0 Å². The first-order chi connectivity index (χ1) is 13.3. The van der Waals surface area contributed by atoms with E-state index in [0.29, 0.717) is 6.04 Å². The highest BCUT2D eigenvalue weighted by atomic mass is 79.9. The summed E-state index contributed by atoms with van der Waals surface area (Å²) >= 11 is 5.22. The Morgan fingerprint density at radius 1 is 0.852 bits per heavy atom. The highest BCUT2D eigenvalue weighted by Gasteiger charge is 2.33. The molecule has 27 heavy (non-hydrogen) atoms. The van der Waals surface area contributed by atoms with E-state index < -0.39 is 0 Å². The molecule has 2 heterocycles. The minimum Gasteiger partial charge on any atom is -0.294 e. The molecule has 5 rings (SSSR count). The Bertz CT molecular complexity index is 943. The molecule has 0 atom stereocenters. The van der Waals surface area contributed by atoms with Crippen molar-refractivity contribution >= 4 is 33.5 Å². The number of piperazine rings is 1. The average Bonchev–Trinajstić information content (AvgIpc) is 3.28. The molecular formula is C22H20BrN3S. The van der Waals surface area contributed by atoms with Crippen molar-refractivity contribution in [2.75, 3.05) is 26.2 Å². The zero-order chi connectivity index (χ0) is 18.2. The molecule has 0 saturated carbocycles. The molecule has 2 aliphatic rings. The molecule has 0 N–H and O–H groups in total.